The summed E-state index contributed by atoms with van der Waals surface area (Å²) in [5.74, 6) is -2.86. The Kier molecular flexibility index (Phi) is 5.93. The average molecular weight is 370 g/mol. The summed E-state index contributed by atoms with van der Waals surface area (Å²) in [6.07, 6.45) is -1.23. The van der Waals surface area contributed by atoms with Crippen LogP contribution in [-0.4, -0.2) is 25.1 Å². The summed E-state index contributed by atoms with van der Waals surface area (Å²) in [5.41, 5.74) is -0.174. The molecule has 0 aliphatic carbocycles. The molecule has 0 heterocycles. The van der Waals surface area contributed by atoms with Gasteiger partial charge in [-0.05, 0) is 37.3 Å². The third-order valence-corrected chi connectivity index (χ3v) is 3.55. The molecule has 1 amide bonds. The molecule has 25 heavy (non-hydrogen) atoms. The van der Waals surface area contributed by atoms with E-state index in [0.29, 0.717) is 0 Å². The van der Waals surface area contributed by atoms with Gasteiger partial charge in [0, 0.05) is 6.07 Å². The van der Waals surface area contributed by atoms with Crippen LogP contribution >= 0.6 is 11.6 Å². The number of carbonyl (C=O) groups is 2. The first-order valence-corrected chi connectivity index (χ1v) is 7.50. The van der Waals surface area contributed by atoms with Gasteiger partial charge in [0.15, 0.2) is 6.10 Å². The van der Waals surface area contributed by atoms with Gasteiger partial charge < -0.3 is 14.8 Å². The Morgan fingerprint density at radius 1 is 1.16 bits per heavy atom. The number of amides is 1. The molecule has 0 radical (unpaired) electrons. The van der Waals surface area contributed by atoms with Crippen LogP contribution in [0.25, 0.3) is 0 Å². The van der Waals surface area contributed by atoms with Crippen LogP contribution in [0, 0.1) is 11.6 Å². The minimum atomic E-state index is -1.23. The number of nitrogens with one attached hydrogen (secondary N) is 1. The summed E-state index contributed by atoms with van der Waals surface area (Å²) < 4.78 is 36.6. The van der Waals surface area contributed by atoms with E-state index in [4.69, 9.17) is 21.1 Å². The number of hydrogen-bond donors (Lipinski definition) is 1. The van der Waals surface area contributed by atoms with E-state index in [2.05, 4.69) is 5.32 Å². The summed E-state index contributed by atoms with van der Waals surface area (Å²) in [6.45, 7) is 1.31. The lowest BCUT2D eigenvalue weighted by Crippen LogP contribution is -2.30. The molecule has 8 heteroatoms. The fourth-order valence-corrected chi connectivity index (χ4v) is 2.11. The Bertz CT molecular complexity index is 813. The van der Waals surface area contributed by atoms with Gasteiger partial charge in [-0.2, -0.15) is 0 Å². The zero-order valence-corrected chi connectivity index (χ0v) is 14.1. The second-order valence-corrected chi connectivity index (χ2v) is 5.41. The van der Waals surface area contributed by atoms with Gasteiger partial charge in [-0.25, -0.2) is 13.6 Å². The summed E-state index contributed by atoms with van der Waals surface area (Å²) >= 11 is 5.81. The highest BCUT2D eigenvalue weighted by molar-refractivity contribution is 6.33. The third-order valence-electron chi connectivity index (χ3n) is 3.24. The van der Waals surface area contributed by atoms with E-state index in [1.807, 2.05) is 0 Å². The van der Waals surface area contributed by atoms with Gasteiger partial charge in [0.05, 0.1) is 23.4 Å². The van der Waals surface area contributed by atoms with Crippen LogP contribution in [-0.2, 0) is 9.53 Å². The largest absolute Gasteiger partial charge is 0.497 e. The summed E-state index contributed by atoms with van der Waals surface area (Å²) in [7, 11) is 1.36. The quantitative estimate of drug-likeness (QED) is 0.814. The molecule has 0 saturated heterocycles. The van der Waals surface area contributed by atoms with Crippen LogP contribution in [0.1, 0.15) is 17.3 Å². The molecule has 0 bridgehead atoms. The number of ether oxygens (including phenoxy) is 2. The monoisotopic (exact) mass is 369 g/mol. The minimum Gasteiger partial charge on any atom is -0.497 e. The lowest BCUT2D eigenvalue weighted by atomic mass is 10.2. The van der Waals surface area contributed by atoms with Crippen molar-refractivity contribution in [1.29, 1.82) is 0 Å². The molecule has 0 spiro atoms. The van der Waals surface area contributed by atoms with Crippen molar-refractivity contribution in [2.75, 3.05) is 12.4 Å². The van der Waals surface area contributed by atoms with Crippen molar-refractivity contribution in [2.45, 2.75) is 13.0 Å². The van der Waals surface area contributed by atoms with Gasteiger partial charge in [0.1, 0.15) is 17.4 Å². The van der Waals surface area contributed by atoms with Crippen LogP contribution in [0.4, 0.5) is 14.5 Å². The van der Waals surface area contributed by atoms with Crippen molar-refractivity contribution in [1.82, 2.24) is 0 Å². The van der Waals surface area contributed by atoms with Crippen LogP contribution in [0.5, 0.6) is 5.75 Å². The predicted molar refractivity (Wildman–Crippen MR) is 87.9 cm³/mol. The molecular weight excluding hydrogens is 356 g/mol. The third kappa shape index (κ3) is 4.67. The second kappa shape index (κ2) is 7.94. The molecule has 132 valence electrons. The summed E-state index contributed by atoms with van der Waals surface area (Å²) in [6, 6.07) is 7.03. The lowest BCUT2D eigenvalue weighted by Gasteiger charge is -2.14. The number of benzene rings is 2. The number of rotatable bonds is 5. The molecule has 5 nitrogen and oxygen atoms in total. The van der Waals surface area contributed by atoms with E-state index >= 15 is 0 Å². The van der Waals surface area contributed by atoms with Crippen molar-refractivity contribution in [3.8, 4) is 5.75 Å². The van der Waals surface area contributed by atoms with Gasteiger partial charge in [0.2, 0.25) is 0 Å². The fourth-order valence-electron chi connectivity index (χ4n) is 1.89. The molecule has 0 saturated carbocycles. The standard InChI is InChI=1S/C17H14ClF2NO4/c1-9(16(22)21-15-6-3-10(19)7-13(15)18)25-17(23)12-5-4-11(24-2)8-14(12)20/h3-9H,1-2H3,(H,21,22)/t9-/m1/s1. The Balaban J connectivity index is 2.04. The Morgan fingerprint density at radius 3 is 2.48 bits per heavy atom. The summed E-state index contributed by atoms with van der Waals surface area (Å²) in [5, 5.41) is 2.39. The Labute approximate surface area is 147 Å². The van der Waals surface area contributed by atoms with Crippen molar-refractivity contribution >= 4 is 29.2 Å². The normalized spacial score (nSPS) is 11.6. The van der Waals surface area contributed by atoms with Crippen LogP contribution in [0.3, 0.4) is 0 Å². The lowest BCUT2D eigenvalue weighted by molar-refractivity contribution is -0.123. The van der Waals surface area contributed by atoms with E-state index in [1.165, 1.54) is 32.2 Å². The van der Waals surface area contributed by atoms with Gasteiger partial charge in [0.25, 0.3) is 5.91 Å². The first-order valence-electron chi connectivity index (χ1n) is 7.12. The highest BCUT2D eigenvalue weighted by Crippen LogP contribution is 2.23. The Morgan fingerprint density at radius 2 is 1.88 bits per heavy atom. The number of halogens is 3. The predicted octanol–water partition coefficient (Wildman–Crippen LogP) is 3.81. The first kappa shape index (κ1) is 18.7. The molecule has 0 aliphatic heterocycles. The zero-order valence-electron chi connectivity index (χ0n) is 13.3. The van der Waals surface area contributed by atoms with Crippen molar-refractivity contribution in [3.63, 3.8) is 0 Å². The maximum absolute atomic E-state index is 13.8. The summed E-state index contributed by atoms with van der Waals surface area (Å²) in [4.78, 5) is 24.0. The highest BCUT2D eigenvalue weighted by atomic mass is 35.5. The minimum absolute atomic E-state index is 0.00641. The van der Waals surface area contributed by atoms with Gasteiger partial charge in [-0.1, -0.05) is 11.6 Å². The fraction of sp³-hybridized carbons (Fsp3) is 0.176. The molecule has 2 rings (SSSR count). The molecule has 1 atom stereocenters. The maximum Gasteiger partial charge on any atom is 0.341 e. The number of hydrogen-bond acceptors (Lipinski definition) is 4. The van der Waals surface area contributed by atoms with Crippen molar-refractivity contribution in [3.05, 3.63) is 58.6 Å². The maximum atomic E-state index is 13.8. The zero-order chi connectivity index (χ0) is 18.6. The SMILES string of the molecule is COc1ccc(C(=O)O[C@H](C)C(=O)Nc2ccc(F)cc2Cl)c(F)c1. The molecule has 1 N–H and O–H groups in total. The number of carbonyl (C=O) groups excluding carboxylic acids is 2. The molecule has 0 fully saturated rings. The van der Waals surface area contributed by atoms with Crippen LogP contribution in [0.2, 0.25) is 5.02 Å². The number of anilines is 1. The van der Waals surface area contributed by atoms with Crippen molar-refractivity contribution < 1.29 is 27.8 Å². The number of methoxy groups -OCH3 is 1. The Hall–Kier alpha value is -2.67. The van der Waals surface area contributed by atoms with Crippen LogP contribution < -0.4 is 10.1 Å². The highest BCUT2D eigenvalue weighted by Gasteiger charge is 2.22. The van der Waals surface area contributed by atoms with Gasteiger partial charge in [-0.3, -0.25) is 4.79 Å². The molecule has 2 aromatic carbocycles. The topological polar surface area (TPSA) is 64.6 Å². The van der Waals surface area contributed by atoms with Crippen LogP contribution in [0.15, 0.2) is 36.4 Å². The van der Waals surface area contributed by atoms with E-state index in [9.17, 15) is 18.4 Å². The van der Waals surface area contributed by atoms with E-state index in [1.54, 1.807) is 0 Å². The molecule has 0 aliphatic rings. The molecule has 0 unspecified atom stereocenters. The molecule has 2 aromatic rings. The number of esters is 1. The van der Waals surface area contributed by atoms with E-state index in [0.717, 1.165) is 18.2 Å². The van der Waals surface area contributed by atoms with Gasteiger partial charge >= 0.3 is 5.97 Å². The van der Waals surface area contributed by atoms with Crippen molar-refractivity contribution in [2.24, 2.45) is 0 Å². The van der Waals surface area contributed by atoms with Gasteiger partial charge in [-0.15, -0.1) is 0 Å². The van der Waals surface area contributed by atoms with E-state index in [-0.39, 0.29) is 22.0 Å². The smallest absolute Gasteiger partial charge is 0.341 e. The average Bonchev–Trinajstić information content (AvgIpc) is 2.56. The van der Waals surface area contributed by atoms with E-state index < -0.39 is 29.6 Å². The first-order chi connectivity index (χ1) is 11.8. The molecular formula is C17H14ClF2NO4. The second-order valence-electron chi connectivity index (χ2n) is 5.01. The molecule has 0 aromatic heterocycles.